The van der Waals surface area contributed by atoms with Crippen molar-refractivity contribution in [3.8, 4) is 5.75 Å². The van der Waals surface area contributed by atoms with Gasteiger partial charge in [-0.05, 0) is 38.5 Å². The lowest BCUT2D eigenvalue weighted by Crippen LogP contribution is -2.33. The van der Waals surface area contributed by atoms with Crippen LogP contribution in [0.25, 0.3) is 0 Å². The van der Waals surface area contributed by atoms with Crippen LogP contribution in [0.2, 0.25) is 0 Å². The number of hydrogen-bond donors (Lipinski definition) is 2. The standard InChI is InChI=1S/C16H26N2O3.ClH/c1-11(2)21-14-7-5-6-13(8-14)12(3)18-16(19)9-15(10-17)20-4;/h5-8,11-12,15H,9-10,17H2,1-4H3,(H,18,19);1H. The maximum atomic E-state index is 11.9. The maximum absolute atomic E-state index is 11.9. The summed E-state index contributed by atoms with van der Waals surface area (Å²) >= 11 is 0. The molecular weight excluding hydrogens is 304 g/mol. The molecule has 5 nitrogen and oxygen atoms in total. The van der Waals surface area contributed by atoms with Crippen molar-refractivity contribution in [3.63, 3.8) is 0 Å². The molecule has 1 rings (SSSR count). The first kappa shape index (κ1) is 20.7. The summed E-state index contributed by atoms with van der Waals surface area (Å²) < 4.78 is 10.8. The highest BCUT2D eigenvalue weighted by Crippen LogP contribution is 2.20. The Balaban J connectivity index is 0.00000441. The fraction of sp³-hybridized carbons (Fsp3) is 0.562. The van der Waals surface area contributed by atoms with E-state index in [4.69, 9.17) is 15.2 Å². The molecule has 0 radical (unpaired) electrons. The first-order chi connectivity index (χ1) is 9.96. The van der Waals surface area contributed by atoms with Crippen LogP contribution in [0.3, 0.4) is 0 Å². The van der Waals surface area contributed by atoms with Crippen molar-refractivity contribution in [2.45, 2.75) is 45.4 Å². The van der Waals surface area contributed by atoms with Crippen molar-refractivity contribution in [3.05, 3.63) is 29.8 Å². The number of ether oxygens (including phenoxy) is 2. The molecule has 0 spiro atoms. The smallest absolute Gasteiger partial charge is 0.223 e. The monoisotopic (exact) mass is 330 g/mol. The van der Waals surface area contributed by atoms with Gasteiger partial charge in [-0.2, -0.15) is 0 Å². The Hall–Kier alpha value is -1.30. The second-order valence-electron chi connectivity index (χ2n) is 5.33. The van der Waals surface area contributed by atoms with Crippen LogP contribution in [0.1, 0.15) is 38.8 Å². The number of carbonyl (C=O) groups excluding carboxylic acids is 1. The zero-order valence-corrected chi connectivity index (χ0v) is 14.5. The van der Waals surface area contributed by atoms with Gasteiger partial charge in [-0.25, -0.2) is 0 Å². The number of nitrogens with two attached hydrogens (primary N) is 1. The molecular formula is C16H27ClN2O3. The number of nitrogens with one attached hydrogen (secondary N) is 1. The van der Waals surface area contributed by atoms with Crippen LogP contribution in [-0.4, -0.2) is 31.8 Å². The molecule has 0 aliphatic carbocycles. The molecule has 0 bridgehead atoms. The van der Waals surface area contributed by atoms with Gasteiger partial charge in [0.05, 0.1) is 24.7 Å². The normalized spacial score (nSPS) is 13.2. The fourth-order valence-corrected chi connectivity index (χ4v) is 1.98. The molecule has 1 aromatic carbocycles. The Morgan fingerprint density at radius 1 is 1.32 bits per heavy atom. The number of carbonyl (C=O) groups is 1. The highest BCUT2D eigenvalue weighted by atomic mass is 35.5. The highest BCUT2D eigenvalue weighted by molar-refractivity contribution is 5.85. The Bertz CT molecular complexity index is 451. The molecule has 0 fully saturated rings. The molecule has 126 valence electrons. The van der Waals surface area contributed by atoms with Gasteiger partial charge in [-0.3, -0.25) is 4.79 Å². The van der Waals surface area contributed by atoms with E-state index in [1.807, 2.05) is 45.0 Å². The molecule has 0 heterocycles. The van der Waals surface area contributed by atoms with Crippen molar-refractivity contribution in [2.75, 3.05) is 13.7 Å². The maximum Gasteiger partial charge on any atom is 0.223 e. The molecule has 1 amide bonds. The summed E-state index contributed by atoms with van der Waals surface area (Å²) in [6.07, 6.45) is 0.143. The third kappa shape index (κ3) is 7.11. The van der Waals surface area contributed by atoms with E-state index in [9.17, 15) is 4.79 Å². The van der Waals surface area contributed by atoms with Gasteiger partial charge in [0.25, 0.3) is 0 Å². The molecule has 2 unspecified atom stereocenters. The number of halogens is 1. The van der Waals surface area contributed by atoms with E-state index < -0.39 is 0 Å². The molecule has 22 heavy (non-hydrogen) atoms. The molecule has 1 aromatic rings. The number of rotatable bonds is 8. The minimum absolute atomic E-state index is 0. The van der Waals surface area contributed by atoms with Crippen LogP contribution in [-0.2, 0) is 9.53 Å². The van der Waals surface area contributed by atoms with E-state index in [2.05, 4.69) is 5.32 Å². The molecule has 0 aliphatic heterocycles. The molecule has 6 heteroatoms. The van der Waals surface area contributed by atoms with Crippen LogP contribution >= 0.6 is 12.4 Å². The molecule has 0 saturated carbocycles. The van der Waals surface area contributed by atoms with Gasteiger partial charge in [0, 0.05) is 13.7 Å². The lowest BCUT2D eigenvalue weighted by atomic mass is 10.1. The van der Waals surface area contributed by atoms with Gasteiger partial charge < -0.3 is 20.5 Å². The van der Waals surface area contributed by atoms with Crippen LogP contribution in [0.15, 0.2) is 24.3 Å². The van der Waals surface area contributed by atoms with Crippen LogP contribution in [0.4, 0.5) is 0 Å². The summed E-state index contributed by atoms with van der Waals surface area (Å²) in [5, 5.41) is 2.95. The molecule has 2 atom stereocenters. The Labute approximate surface area is 139 Å². The predicted molar refractivity (Wildman–Crippen MR) is 90.5 cm³/mol. The zero-order chi connectivity index (χ0) is 15.8. The third-order valence-corrected chi connectivity index (χ3v) is 3.12. The van der Waals surface area contributed by atoms with E-state index in [0.29, 0.717) is 6.54 Å². The second-order valence-corrected chi connectivity index (χ2v) is 5.33. The summed E-state index contributed by atoms with van der Waals surface area (Å²) in [7, 11) is 1.56. The van der Waals surface area contributed by atoms with E-state index in [1.54, 1.807) is 7.11 Å². The van der Waals surface area contributed by atoms with E-state index in [0.717, 1.165) is 11.3 Å². The van der Waals surface area contributed by atoms with Crippen LogP contribution in [0, 0.1) is 0 Å². The summed E-state index contributed by atoms with van der Waals surface area (Å²) in [5.74, 6) is 0.732. The molecule has 0 aromatic heterocycles. The SMILES string of the molecule is COC(CN)CC(=O)NC(C)c1cccc(OC(C)C)c1.Cl. The van der Waals surface area contributed by atoms with Gasteiger partial charge in [-0.15, -0.1) is 12.4 Å². The second kappa shape index (κ2) is 10.4. The first-order valence-corrected chi connectivity index (χ1v) is 7.25. The van der Waals surface area contributed by atoms with Gasteiger partial charge in [0.1, 0.15) is 5.75 Å². The number of methoxy groups -OCH3 is 1. The Morgan fingerprint density at radius 3 is 2.55 bits per heavy atom. The number of hydrogen-bond acceptors (Lipinski definition) is 4. The van der Waals surface area contributed by atoms with Crippen LogP contribution < -0.4 is 15.8 Å². The minimum Gasteiger partial charge on any atom is -0.491 e. The predicted octanol–water partition coefficient (Wildman–Crippen LogP) is 2.44. The molecule has 0 saturated heterocycles. The van der Waals surface area contributed by atoms with Crippen molar-refractivity contribution in [1.82, 2.24) is 5.32 Å². The van der Waals surface area contributed by atoms with Crippen molar-refractivity contribution in [1.29, 1.82) is 0 Å². The molecule has 0 aliphatic rings. The summed E-state index contributed by atoms with van der Waals surface area (Å²) in [5.41, 5.74) is 6.52. The summed E-state index contributed by atoms with van der Waals surface area (Å²) in [6.45, 7) is 6.23. The van der Waals surface area contributed by atoms with E-state index in [1.165, 1.54) is 0 Å². The van der Waals surface area contributed by atoms with Crippen molar-refractivity contribution < 1.29 is 14.3 Å². The number of amides is 1. The Kier molecular flexibility index (Phi) is 9.81. The lowest BCUT2D eigenvalue weighted by Gasteiger charge is -2.18. The summed E-state index contributed by atoms with van der Waals surface area (Å²) in [6, 6.07) is 7.65. The summed E-state index contributed by atoms with van der Waals surface area (Å²) in [4.78, 5) is 11.9. The first-order valence-electron chi connectivity index (χ1n) is 7.25. The third-order valence-electron chi connectivity index (χ3n) is 3.12. The largest absolute Gasteiger partial charge is 0.491 e. The minimum atomic E-state index is -0.243. The average molecular weight is 331 g/mol. The topological polar surface area (TPSA) is 73.6 Å². The number of benzene rings is 1. The van der Waals surface area contributed by atoms with Crippen molar-refractivity contribution >= 4 is 18.3 Å². The van der Waals surface area contributed by atoms with Crippen LogP contribution in [0.5, 0.6) is 5.75 Å². The molecule has 3 N–H and O–H groups in total. The van der Waals surface area contributed by atoms with E-state index in [-0.39, 0.29) is 43.0 Å². The zero-order valence-electron chi connectivity index (χ0n) is 13.7. The lowest BCUT2D eigenvalue weighted by molar-refractivity contribution is -0.124. The fourth-order valence-electron chi connectivity index (χ4n) is 1.98. The van der Waals surface area contributed by atoms with Gasteiger partial charge in [-0.1, -0.05) is 12.1 Å². The van der Waals surface area contributed by atoms with Crippen molar-refractivity contribution in [2.24, 2.45) is 5.73 Å². The average Bonchev–Trinajstić information content (AvgIpc) is 2.44. The quantitative estimate of drug-likeness (QED) is 0.767. The van der Waals surface area contributed by atoms with Gasteiger partial charge >= 0.3 is 0 Å². The van der Waals surface area contributed by atoms with Gasteiger partial charge in [0.2, 0.25) is 5.91 Å². The Morgan fingerprint density at radius 2 is 2.00 bits per heavy atom. The van der Waals surface area contributed by atoms with E-state index >= 15 is 0 Å². The highest BCUT2D eigenvalue weighted by Gasteiger charge is 2.15. The van der Waals surface area contributed by atoms with Gasteiger partial charge in [0.15, 0.2) is 0 Å².